The van der Waals surface area contributed by atoms with Gasteiger partial charge < -0.3 is 15.1 Å². The molecule has 3 heterocycles. The van der Waals surface area contributed by atoms with E-state index in [2.05, 4.69) is 17.4 Å². The lowest BCUT2D eigenvalue weighted by Crippen LogP contribution is -2.46. The van der Waals surface area contributed by atoms with Crippen molar-refractivity contribution in [1.29, 1.82) is 0 Å². The fraction of sp³-hybridized carbons (Fsp3) is 0.619. The van der Waals surface area contributed by atoms with Gasteiger partial charge in [-0.1, -0.05) is 24.3 Å². The van der Waals surface area contributed by atoms with Crippen LogP contribution in [0.25, 0.3) is 0 Å². The molecule has 3 aliphatic heterocycles. The zero-order valence-corrected chi connectivity index (χ0v) is 15.7. The predicted molar refractivity (Wildman–Crippen MR) is 101 cm³/mol. The van der Waals surface area contributed by atoms with Gasteiger partial charge in [-0.05, 0) is 48.8 Å². The van der Waals surface area contributed by atoms with Crippen LogP contribution in [0.3, 0.4) is 0 Å². The molecule has 5 heteroatoms. The summed E-state index contributed by atoms with van der Waals surface area (Å²) in [5.74, 6) is 0.255. The molecule has 1 aromatic carbocycles. The maximum atomic E-state index is 13.0. The fourth-order valence-corrected chi connectivity index (χ4v) is 5.00. The van der Waals surface area contributed by atoms with E-state index in [1.54, 1.807) is 6.92 Å². The van der Waals surface area contributed by atoms with E-state index in [9.17, 15) is 9.59 Å². The summed E-state index contributed by atoms with van der Waals surface area (Å²) >= 11 is 0. The Kier molecular flexibility index (Phi) is 4.74. The second kappa shape index (κ2) is 7.03. The molecular weight excluding hydrogens is 326 g/mol. The Bertz CT molecular complexity index is 686. The molecule has 1 atom stereocenters. The largest absolute Gasteiger partial charge is 0.343 e. The smallest absolute Gasteiger partial charge is 0.224 e. The number of hydrogen-bond acceptors (Lipinski definition) is 3. The van der Waals surface area contributed by atoms with Crippen molar-refractivity contribution in [2.75, 3.05) is 32.7 Å². The third-order valence-electron chi connectivity index (χ3n) is 6.69. The number of amides is 2. The molecule has 140 valence electrons. The van der Waals surface area contributed by atoms with Crippen LogP contribution in [0.15, 0.2) is 24.3 Å². The van der Waals surface area contributed by atoms with Gasteiger partial charge >= 0.3 is 0 Å². The minimum atomic E-state index is -0.117. The van der Waals surface area contributed by atoms with Crippen molar-refractivity contribution in [2.24, 2.45) is 5.41 Å². The maximum absolute atomic E-state index is 13.0. The highest BCUT2D eigenvalue weighted by atomic mass is 16.2. The highest BCUT2D eigenvalue weighted by Gasteiger charge is 2.39. The third-order valence-corrected chi connectivity index (χ3v) is 6.69. The molecule has 0 saturated carbocycles. The van der Waals surface area contributed by atoms with Crippen LogP contribution >= 0.6 is 0 Å². The van der Waals surface area contributed by atoms with Crippen LogP contribution in [0.4, 0.5) is 0 Å². The molecule has 1 N–H and O–H groups in total. The highest BCUT2D eigenvalue weighted by molar-refractivity contribution is 5.80. The molecule has 26 heavy (non-hydrogen) atoms. The monoisotopic (exact) mass is 355 g/mol. The molecule has 5 nitrogen and oxygen atoms in total. The summed E-state index contributed by atoms with van der Waals surface area (Å²) in [4.78, 5) is 29.1. The number of benzene rings is 1. The molecule has 0 aromatic heterocycles. The molecule has 2 amide bonds. The first kappa shape index (κ1) is 17.5. The fourth-order valence-electron chi connectivity index (χ4n) is 5.00. The number of carbonyl (C=O) groups is 2. The minimum Gasteiger partial charge on any atom is -0.343 e. The van der Waals surface area contributed by atoms with Crippen LogP contribution in [0.5, 0.6) is 0 Å². The van der Waals surface area contributed by atoms with E-state index in [1.165, 1.54) is 12.0 Å². The Morgan fingerprint density at radius 3 is 2.62 bits per heavy atom. The average molecular weight is 355 g/mol. The van der Waals surface area contributed by atoms with E-state index in [1.807, 2.05) is 21.9 Å². The minimum absolute atomic E-state index is 0.0620. The molecule has 4 rings (SSSR count). The van der Waals surface area contributed by atoms with Gasteiger partial charge in [-0.3, -0.25) is 9.59 Å². The SMILES string of the molecule is CC(=O)N1CCc2ccccc2C1CC(=O)N1CCC2(CCNC2)CC1. The number of likely N-dealkylation sites (tertiary alicyclic amines) is 1. The van der Waals surface area contributed by atoms with Crippen molar-refractivity contribution in [3.63, 3.8) is 0 Å². The Balaban J connectivity index is 1.46. The molecule has 2 saturated heterocycles. The number of rotatable bonds is 2. The second-order valence-electron chi connectivity index (χ2n) is 8.19. The molecule has 0 radical (unpaired) electrons. The van der Waals surface area contributed by atoms with Gasteiger partial charge in [0.15, 0.2) is 0 Å². The maximum Gasteiger partial charge on any atom is 0.224 e. The van der Waals surface area contributed by atoms with E-state index < -0.39 is 0 Å². The molecule has 3 aliphatic rings. The van der Waals surface area contributed by atoms with Gasteiger partial charge in [0.1, 0.15) is 0 Å². The standard InChI is InChI=1S/C21H29N3O2/c1-16(25)24-11-6-17-4-2-3-5-18(17)19(24)14-20(26)23-12-8-21(9-13-23)7-10-22-15-21/h2-5,19,22H,6-15H2,1H3. The second-order valence-corrected chi connectivity index (χ2v) is 8.19. The van der Waals surface area contributed by atoms with Crippen LogP contribution in [-0.4, -0.2) is 54.3 Å². The van der Waals surface area contributed by atoms with Crippen molar-refractivity contribution in [3.8, 4) is 0 Å². The van der Waals surface area contributed by atoms with Crippen molar-refractivity contribution in [2.45, 2.75) is 45.1 Å². The normalized spacial score (nSPS) is 24.6. The first-order valence-electron chi connectivity index (χ1n) is 9.92. The summed E-state index contributed by atoms with van der Waals surface area (Å²) in [6, 6.07) is 8.15. The lowest BCUT2D eigenvalue weighted by molar-refractivity contribution is -0.138. The number of nitrogens with zero attached hydrogens (tertiary/aromatic N) is 2. The van der Waals surface area contributed by atoms with E-state index in [4.69, 9.17) is 0 Å². The first-order valence-corrected chi connectivity index (χ1v) is 9.92. The summed E-state index contributed by atoms with van der Waals surface area (Å²) in [6.45, 7) is 6.25. The number of nitrogens with one attached hydrogen (secondary N) is 1. The van der Waals surface area contributed by atoms with Crippen LogP contribution in [0.2, 0.25) is 0 Å². The van der Waals surface area contributed by atoms with Crippen LogP contribution in [0.1, 0.15) is 49.8 Å². The van der Waals surface area contributed by atoms with Crippen LogP contribution in [-0.2, 0) is 16.0 Å². The average Bonchev–Trinajstić information content (AvgIpc) is 3.10. The highest BCUT2D eigenvalue weighted by Crippen LogP contribution is 2.38. The Morgan fingerprint density at radius 1 is 1.15 bits per heavy atom. The lowest BCUT2D eigenvalue weighted by Gasteiger charge is -2.41. The Labute approximate surface area is 155 Å². The van der Waals surface area contributed by atoms with Gasteiger partial charge in [0.05, 0.1) is 12.5 Å². The van der Waals surface area contributed by atoms with Crippen LogP contribution in [0, 0.1) is 5.41 Å². The van der Waals surface area contributed by atoms with Crippen LogP contribution < -0.4 is 5.32 Å². The van der Waals surface area contributed by atoms with Gasteiger partial charge in [-0.2, -0.15) is 0 Å². The quantitative estimate of drug-likeness (QED) is 0.884. The van der Waals surface area contributed by atoms with E-state index >= 15 is 0 Å². The Morgan fingerprint density at radius 2 is 1.92 bits per heavy atom. The lowest BCUT2D eigenvalue weighted by atomic mass is 9.77. The van der Waals surface area contributed by atoms with Crippen molar-refractivity contribution in [1.82, 2.24) is 15.1 Å². The summed E-state index contributed by atoms with van der Waals surface area (Å²) in [5.41, 5.74) is 2.84. The molecule has 1 aromatic rings. The van der Waals surface area contributed by atoms with Gasteiger partial charge in [-0.15, -0.1) is 0 Å². The van der Waals surface area contributed by atoms with Gasteiger partial charge in [0.2, 0.25) is 11.8 Å². The number of piperidine rings is 1. The van der Waals surface area contributed by atoms with E-state index in [-0.39, 0.29) is 17.9 Å². The van der Waals surface area contributed by atoms with Gasteiger partial charge in [0, 0.05) is 33.1 Å². The van der Waals surface area contributed by atoms with Gasteiger partial charge in [0.25, 0.3) is 0 Å². The van der Waals surface area contributed by atoms with E-state index in [0.717, 1.165) is 51.0 Å². The first-order chi connectivity index (χ1) is 12.6. The zero-order chi connectivity index (χ0) is 18.1. The van der Waals surface area contributed by atoms with E-state index in [0.29, 0.717) is 18.4 Å². The van der Waals surface area contributed by atoms with Crippen molar-refractivity contribution >= 4 is 11.8 Å². The summed E-state index contributed by atoms with van der Waals surface area (Å²) < 4.78 is 0. The molecule has 1 unspecified atom stereocenters. The topological polar surface area (TPSA) is 52.7 Å². The zero-order valence-electron chi connectivity index (χ0n) is 15.7. The number of fused-ring (bicyclic) bond motifs is 1. The summed E-state index contributed by atoms with van der Waals surface area (Å²) in [7, 11) is 0. The Hall–Kier alpha value is -1.88. The predicted octanol–water partition coefficient (Wildman–Crippen LogP) is 2.12. The van der Waals surface area contributed by atoms with Crippen molar-refractivity contribution in [3.05, 3.63) is 35.4 Å². The molecule has 2 fully saturated rings. The third kappa shape index (κ3) is 3.25. The molecule has 0 aliphatic carbocycles. The molecular formula is C21H29N3O2. The van der Waals surface area contributed by atoms with Crippen molar-refractivity contribution < 1.29 is 9.59 Å². The number of hydrogen-bond donors (Lipinski definition) is 1. The summed E-state index contributed by atoms with van der Waals surface area (Å²) in [6.07, 6.45) is 4.72. The molecule has 0 bridgehead atoms. The van der Waals surface area contributed by atoms with Gasteiger partial charge in [-0.25, -0.2) is 0 Å². The summed E-state index contributed by atoms with van der Waals surface area (Å²) in [5, 5.41) is 3.47. The number of carbonyl (C=O) groups excluding carboxylic acids is 2. The molecule has 1 spiro atoms.